The van der Waals surface area contributed by atoms with Crippen LogP contribution in [0.1, 0.15) is 5.69 Å². The van der Waals surface area contributed by atoms with Crippen LogP contribution in [-0.2, 0) is 6.42 Å². The largest absolute Gasteiger partial charge is 0.256 e. The van der Waals surface area contributed by atoms with Crippen LogP contribution in [0.15, 0.2) is 12.4 Å². The molecular weight excluding hydrogens is 114 g/mol. The smallest absolute Gasteiger partial charge is 0.108 e. The van der Waals surface area contributed by atoms with E-state index in [1.54, 1.807) is 0 Å². The third kappa shape index (κ3) is 1.50. The minimum atomic E-state index is 0.321. The van der Waals surface area contributed by atoms with Gasteiger partial charge in [0, 0.05) is 0 Å². The molecule has 1 rings (SSSR count). The van der Waals surface area contributed by atoms with E-state index in [2.05, 4.69) is 16.2 Å². The molecule has 0 saturated carbocycles. The second-order valence-electron chi connectivity index (χ2n) is 1.47. The van der Waals surface area contributed by atoms with Gasteiger partial charge in [-0.2, -0.15) is 5.26 Å². The van der Waals surface area contributed by atoms with Crippen LogP contribution in [0, 0.1) is 17.5 Å². The molecule has 0 aliphatic heterocycles. The summed E-state index contributed by atoms with van der Waals surface area (Å²) in [7, 11) is 0. The molecule has 0 saturated heterocycles. The van der Waals surface area contributed by atoms with E-state index in [0.29, 0.717) is 12.1 Å². The average Bonchev–Trinajstić information content (AvgIpc) is 1.91. The molecule has 43 valence electrons. The Bertz CT molecular complexity index is 211. The molecule has 1 aromatic heterocycles. The van der Waals surface area contributed by atoms with E-state index in [0.717, 1.165) is 0 Å². The SMILES string of the molecule is N#CCc1cn[c]cn1. The highest BCUT2D eigenvalue weighted by Gasteiger charge is 1.87. The fourth-order valence-corrected chi connectivity index (χ4v) is 0.463. The Balaban J connectivity index is 2.76. The Hall–Kier alpha value is -1.43. The zero-order valence-corrected chi connectivity index (χ0v) is 4.70. The van der Waals surface area contributed by atoms with E-state index in [-0.39, 0.29) is 0 Å². The summed E-state index contributed by atoms with van der Waals surface area (Å²) in [6.07, 6.45) is 5.82. The number of aromatic nitrogens is 2. The molecule has 0 bridgehead atoms. The van der Waals surface area contributed by atoms with Crippen molar-refractivity contribution in [2.45, 2.75) is 6.42 Å². The van der Waals surface area contributed by atoms with E-state index in [4.69, 9.17) is 5.26 Å². The molecular formula is C6H4N3. The Morgan fingerprint density at radius 2 is 2.67 bits per heavy atom. The molecule has 3 heteroatoms. The molecule has 0 spiro atoms. The lowest BCUT2D eigenvalue weighted by atomic mass is 10.3. The van der Waals surface area contributed by atoms with E-state index in [9.17, 15) is 0 Å². The number of nitriles is 1. The van der Waals surface area contributed by atoms with Crippen LogP contribution in [0.25, 0.3) is 0 Å². The van der Waals surface area contributed by atoms with Crippen LogP contribution >= 0.6 is 0 Å². The minimum Gasteiger partial charge on any atom is -0.256 e. The van der Waals surface area contributed by atoms with Gasteiger partial charge in [0.1, 0.15) is 6.20 Å². The van der Waals surface area contributed by atoms with Crippen LogP contribution in [0.3, 0.4) is 0 Å². The van der Waals surface area contributed by atoms with Crippen molar-refractivity contribution in [2.24, 2.45) is 0 Å². The van der Waals surface area contributed by atoms with Gasteiger partial charge in [-0.25, -0.2) is 0 Å². The lowest BCUT2D eigenvalue weighted by Gasteiger charge is -1.85. The topological polar surface area (TPSA) is 49.6 Å². The van der Waals surface area contributed by atoms with Crippen molar-refractivity contribution >= 4 is 0 Å². The Morgan fingerprint density at radius 1 is 1.78 bits per heavy atom. The lowest BCUT2D eigenvalue weighted by molar-refractivity contribution is 1.05. The maximum absolute atomic E-state index is 8.19. The average molecular weight is 118 g/mol. The van der Waals surface area contributed by atoms with Crippen LogP contribution in [0.4, 0.5) is 0 Å². The Kier molecular flexibility index (Phi) is 1.76. The van der Waals surface area contributed by atoms with Crippen molar-refractivity contribution in [1.82, 2.24) is 9.97 Å². The first-order chi connectivity index (χ1) is 4.43. The Morgan fingerprint density at radius 3 is 3.22 bits per heavy atom. The van der Waals surface area contributed by atoms with Crippen LogP contribution < -0.4 is 0 Å². The highest BCUT2D eigenvalue weighted by atomic mass is 14.8. The van der Waals surface area contributed by atoms with Crippen molar-refractivity contribution in [3.05, 3.63) is 24.3 Å². The third-order valence-electron chi connectivity index (χ3n) is 0.836. The predicted molar refractivity (Wildman–Crippen MR) is 30.2 cm³/mol. The maximum Gasteiger partial charge on any atom is 0.108 e. The molecule has 1 radical (unpaired) electrons. The van der Waals surface area contributed by atoms with Gasteiger partial charge in [-0.05, 0) is 0 Å². The number of hydrogen-bond acceptors (Lipinski definition) is 3. The summed E-state index contributed by atoms with van der Waals surface area (Å²) < 4.78 is 0. The molecule has 0 aliphatic carbocycles. The highest BCUT2D eigenvalue weighted by molar-refractivity contribution is 5.00. The summed E-state index contributed by atoms with van der Waals surface area (Å²) in [6, 6.07) is 1.97. The fourth-order valence-electron chi connectivity index (χ4n) is 0.463. The second kappa shape index (κ2) is 2.78. The van der Waals surface area contributed by atoms with Gasteiger partial charge in [-0.1, -0.05) is 0 Å². The highest BCUT2D eigenvalue weighted by Crippen LogP contribution is 1.87. The van der Waals surface area contributed by atoms with Gasteiger partial charge in [0.2, 0.25) is 0 Å². The zero-order valence-electron chi connectivity index (χ0n) is 4.70. The number of hydrogen-bond donors (Lipinski definition) is 0. The summed E-state index contributed by atoms with van der Waals surface area (Å²) in [4.78, 5) is 7.49. The van der Waals surface area contributed by atoms with Gasteiger partial charge in [0.15, 0.2) is 0 Å². The number of rotatable bonds is 1. The molecule has 0 atom stereocenters. The van der Waals surface area contributed by atoms with Crippen molar-refractivity contribution in [3.8, 4) is 6.07 Å². The van der Waals surface area contributed by atoms with Crippen LogP contribution in [-0.4, -0.2) is 9.97 Å². The molecule has 3 nitrogen and oxygen atoms in total. The van der Waals surface area contributed by atoms with Gasteiger partial charge in [0.05, 0.1) is 30.6 Å². The molecule has 0 N–H and O–H groups in total. The maximum atomic E-state index is 8.19. The van der Waals surface area contributed by atoms with Gasteiger partial charge >= 0.3 is 0 Å². The molecule has 1 heterocycles. The van der Waals surface area contributed by atoms with Crippen molar-refractivity contribution < 1.29 is 0 Å². The molecule has 0 fully saturated rings. The first-order valence-electron chi connectivity index (χ1n) is 2.47. The summed E-state index contributed by atoms with van der Waals surface area (Å²) in [6.45, 7) is 0. The first kappa shape index (κ1) is 5.70. The molecule has 1 aromatic rings. The molecule has 0 aliphatic rings. The molecule has 0 unspecified atom stereocenters. The van der Waals surface area contributed by atoms with Gasteiger partial charge < -0.3 is 0 Å². The van der Waals surface area contributed by atoms with E-state index in [1.807, 2.05) is 6.07 Å². The summed E-state index contributed by atoms with van der Waals surface area (Å²) in [5.41, 5.74) is 0.691. The van der Waals surface area contributed by atoms with Gasteiger partial charge in [0.25, 0.3) is 0 Å². The fraction of sp³-hybridized carbons (Fsp3) is 0.167. The monoisotopic (exact) mass is 118 g/mol. The van der Waals surface area contributed by atoms with Crippen molar-refractivity contribution in [1.29, 1.82) is 5.26 Å². The van der Waals surface area contributed by atoms with Crippen LogP contribution in [0.5, 0.6) is 0 Å². The number of nitrogens with zero attached hydrogens (tertiary/aromatic N) is 3. The van der Waals surface area contributed by atoms with E-state index in [1.165, 1.54) is 12.4 Å². The van der Waals surface area contributed by atoms with E-state index < -0.39 is 0 Å². The summed E-state index contributed by atoms with van der Waals surface area (Å²) >= 11 is 0. The third-order valence-corrected chi connectivity index (χ3v) is 0.836. The Labute approximate surface area is 53.0 Å². The second-order valence-corrected chi connectivity index (χ2v) is 1.47. The minimum absolute atomic E-state index is 0.321. The molecule has 0 aromatic carbocycles. The first-order valence-corrected chi connectivity index (χ1v) is 2.47. The van der Waals surface area contributed by atoms with Crippen molar-refractivity contribution in [2.75, 3.05) is 0 Å². The van der Waals surface area contributed by atoms with E-state index >= 15 is 0 Å². The zero-order chi connectivity index (χ0) is 6.53. The lowest BCUT2D eigenvalue weighted by Crippen LogP contribution is -1.86. The standard InChI is InChI=1S/C6H4N3/c7-2-1-6-5-8-3-4-9-6/h4-5H,1H2. The molecule has 9 heavy (non-hydrogen) atoms. The summed E-state index contributed by atoms with van der Waals surface area (Å²) in [5, 5.41) is 8.19. The quantitative estimate of drug-likeness (QED) is 0.534. The normalized spacial score (nSPS) is 8.33. The van der Waals surface area contributed by atoms with Crippen LogP contribution in [0.2, 0.25) is 0 Å². The van der Waals surface area contributed by atoms with Gasteiger partial charge in [-0.15, -0.1) is 0 Å². The van der Waals surface area contributed by atoms with Crippen molar-refractivity contribution in [3.63, 3.8) is 0 Å². The predicted octanol–water partition coefficient (Wildman–Crippen LogP) is 0.343. The molecule has 0 amide bonds. The summed E-state index contributed by atoms with van der Waals surface area (Å²) in [5.74, 6) is 0. The van der Waals surface area contributed by atoms with Gasteiger partial charge in [-0.3, -0.25) is 9.97 Å².